The summed E-state index contributed by atoms with van der Waals surface area (Å²) in [6.07, 6.45) is 1.24. The fourth-order valence-corrected chi connectivity index (χ4v) is 1.10. The Bertz CT molecular complexity index is 167. The summed E-state index contributed by atoms with van der Waals surface area (Å²) < 4.78 is 0. The number of hydrogen-bond donors (Lipinski definition) is 0. The number of carbonyl (C=O) groups is 1. The summed E-state index contributed by atoms with van der Waals surface area (Å²) >= 11 is 0. The molecule has 2 heteroatoms. The van der Waals surface area contributed by atoms with Crippen LogP contribution in [0, 0.1) is 23.2 Å². The normalized spacial score (nSPS) is 12.6. The summed E-state index contributed by atoms with van der Waals surface area (Å²) in [5.74, 6) is 0.531. The Morgan fingerprint density at radius 1 is 1.55 bits per heavy atom. The van der Waals surface area contributed by atoms with Gasteiger partial charge in [0.15, 0.2) is 0 Å². The van der Waals surface area contributed by atoms with Gasteiger partial charge in [-0.05, 0) is 19.3 Å². The Morgan fingerprint density at radius 2 is 2.09 bits per heavy atom. The number of hydrogen-bond acceptors (Lipinski definition) is 2. The Labute approximate surface area is 68.2 Å². The lowest BCUT2D eigenvalue weighted by atomic mass is 9.94. The summed E-state index contributed by atoms with van der Waals surface area (Å²) in [7, 11) is 0. The van der Waals surface area contributed by atoms with Crippen molar-refractivity contribution in [3.63, 3.8) is 0 Å². The van der Waals surface area contributed by atoms with Crippen LogP contribution in [0.3, 0.4) is 0 Å². The van der Waals surface area contributed by atoms with E-state index in [1.807, 2.05) is 0 Å². The predicted molar refractivity (Wildman–Crippen MR) is 43.9 cm³/mol. The first kappa shape index (κ1) is 10.2. The molecule has 0 fully saturated rings. The topological polar surface area (TPSA) is 40.9 Å². The van der Waals surface area contributed by atoms with E-state index in [9.17, 15) is 4.79 Å². The lowest BCUT2D eigenvalue weighted by Crippen LogP contribution is -2.06. The molecule has 0 aliphatic rings. The Hall–Kier alpha value is -0.840. The molecule has 1 atom stereocenters. The lowest BCUT2D eigenvalue weighted by molar-refractivity contribution is -0.117. The van der Waals surface area contributed by atoms with Crippen LogP contribution in [0.25, 0.3) is 0 Å². The van der Waals surface area contributed by atoms with Crippen molar-refractivity contribution >= 4 is 5.78 Å². The van der Waals surface area contributed by atoms with Crippen molar-refractivity contribution in [1.82, 2.24) is 0 Å². The molecule has 0 amide bonds. The Balaban J connectivity index is 3.79. The molecule has 1 unspecified atom stereocenters. The van der Waals surface area contributed by atoms with E-state index in [1.54, 1.807) is 0 Å². The van der Waals surface area contributed by atoms with Gasteiger partial charge >= 0.3 is 0 Å². The Morgan fingerprint density at radius 3 is 2.36 bits per heavy atom. The third-order valence-electron chi connectivity index (χ3n) is 1.47. The van der Waals surface area contributed by atoms with E-state index in [4.69, 9.17) is 5.26 Å². The third-order valence-corrected chi connectivity index (χ3v) is 1.47. The van der Waals surface area contributed by atoms with Crippen molar-refractivity contribution in [1.29, 1.82) is 5.26 Å². The van der Waals surface area contributed by atoms with E-state index in [0.717, 1.165) is 6.42 Å². The van der Waals surface area contributed by atoms with Gasteiger partial charge in [0.1, 0.15) is 5.78 Å². The van der Waals surface area contributed by atoms with E-state index in [2.05, 4.69) is 19.9 Å². The average molecular weight is 153 g/mol. The van der Waals surface area contributed by atoms with Crippen LogP contribution in [0.1, 0.15) is 33.6 Å². The first-order valence-electron chi connectivity index (χ1n) is 3.95. The molecule has 0 saturated carbocycles. The van der Waals surface area contributed by atoms with Gasteiger partial charge in [0.05, 0.1) is 12.0 Å². The van der Waals surface area contributed by atoms with Crippen LogP contribution in [0.5, 0.6) is 0 Å². The summed E-state index contributed by atoms with van der Waals surface area (Å²) in [6.45, 7) is 5.65. The molecule has 0 bridgehead atoms. The van der Waals surface area contributed by atoms with Gasteiger partial charge in [0, 0.05) is 6.42 Å². The van der Waals surface area contributed by atoms with Gasteiger partial charge in [-0.2, -0.15) is 5.26 Å². The van der Waals surface area contributed by atoms with E-state index in [1.165, 1.54) is 6.92 Å². The van der Waals surface area contributed by atoms with Crippen LogP contribution in [0.2, 0.25) is 0 Å². The average Bonchev–Trinajstić information content (AvgIpc) is 1.84. The minimum atomic E-state index is -0.0764. The number of rotatable bonds is 4. The number of nitriles is 1. The van der Waals surface area contributed by atoms with E-state index in [-0.39, 0.29) is 11.7 Å². The van der Waals surface area contributed by atoms with Crippen LogP contribution in [0.4, 0.5) is 0 Å². The summed E-state index contributed by atoms with van der Waals surface area (Å²) in [4.78, 5) is 10.6. The van der Waals surface area contributed by atoms with Crippen molar-refractivity contribution in [3.8, 4) is 6.07 Å². The molecular formula is C9H15NO. The van der Waals surface area contributed by atoms with Gasteiger partial charge in [-0.3, -0.25) is 4.79 Å². The van der Waals surface area contributed by atoms with Crippen molar-refractivity contribution in [2.75, 3.05) is 0 Å². The largest absolute Gasteiger partial charge is 0.300 e. The monoisotopic (exact) mass is 153 g/mol. The quantitative estimate of drug-likeness (QED) is 0.621. The maximum atomic E-state index is 10.6. The zero-order valence-electron chi connectivity index (χ0n) is 7.42. The molecule has 0 radical (unpaired) electrons. The fourth-order valence-electron chi connectivity index (χ4n) is 1.10. The fraction of sp³-hybridized carbons (Fsp3) is 0.778. The zero-order chi connectivity index (χ0) is 8.85. The molecule has 2 nitrogen and oxygen atoms in total. The second kappa shape index (κ2) is 4.90. The Kier molecular flexibility index (Phi) is 4.52. The molecule has 0 heterocycles. The zero-order valence-corrected chi connectivity index (χ0v) is 7.42. The maximum Gasteiger partial charge on any atom is 0.131 e. The molecule has 0 aliphatic carbocycles. The van der Waals surface area contributed by atoms with Gasteiger partial charge < -0.3 is 0 Å². The van der Waals surface area contributed by atoms with Gasteiger partial charge in [0.2, 0.25) is 0 Å². The van der Waals surface area contributed by atoms with Crippen molar-refractivity contribution < 1.29 is 4.79 Å². The highest BCUT2D eigenvalue weighted by Gasteiger charge is 2.11. The lowest BCUT2D eigenvalue weighted by Gasteiger charge is -2.08. The van der Waals surface area contributed by atoms with Crippen molar-refractivity contribution in [3.05, 3.63) is 0 Å². The van der Waals surface area contributed by atoms with E-state index < -0.39 is 0 Å². The van der Waals surface area contributed by atoms with Gasteiger partial charge in [-0.25, -0.2) is 0 Å². The molecular weight excluding hydrogens is 138 g/mol. The standard InChI is InChI=1S/C9H15NO/c1-7(2)4-9(6-10)5-8(3)11/h7,9H,4-5H2,1-3H3. The van der Waals surface area contributed by atoms with Gasteiger partial charge in [-0.1, -0.05) is 13.8 Å². The molecule has 0 aromatic heterocycles. The highest BCUT2D eigenvalue weighted by Crippen LogP contribution is 2.14. The van der Waals surface area contributed by atoms with Crippen LogP contribution in [-0.2, 0) is 4.79 Å². The third kappa shape index (κ3) is 5.60. The number of carbonyl (C=O) groups excluding carboxylic acids is 1. The van der Waals surface area contributed by atoms with Crippen LogP contribution >= 0.6 is 0 Å². The number of Topliss-reactive ketones (excluding diaryl/α,β-unsaturated/α-hetero) is 1. The summed E-state index contributed by atoms with van der Waals surface area (Å²) in [6, 6.07) is 2.14. The highest BCUT2D eigenvalue weighted by atomic mass is 16.1. The molecule has 62 valence electrons. The van der Waals surface area contributed by atoms with Gasteiger partial charge in [0.25, 0.3) is 0 Å². The van der Waals surface area contributed by atoms with E-state index in [0.29, 0.717) is 12.3 Å². The van der Waals surface area contributed by atoms with Gasteiger partial charge in [-0.15, -0.1) is 0 Å². The van der Waals surface area contributed by atoms with Crippen molar-refractivity contribution in [2.24, 2.45) is 11.8 Å². The second-order valence-electron chi connectivity index (χ2n) is 3.36. The molecule has 0 N–H and O–H groups in total. The SMILES string of the molecule is CC(=O)CC(C#N)CC(C)C. The summed E-state index contributed by atoms with van der Waals surface area (Å²) in [5.41, 5.74) is 0. The maximum absolute atomic E-state index is 10.6. The van der Waals surface area contributed by atoms with Crippen molar-refractivity contribution in [2.45, 2.75) is 33.6 Å². The molecule has 11 heavy (non-hydrogen) atoms. The van der Waals surface area contributed by atoms with Crippen LogP contribution < -0.4 is 0 Å². The molecule has 0 aromatic carbocycles. The van der Waals surface area contributed by atoms with E-state index >= 15 is 0 Å². The number of nitrogens with zero attached hydrogens (tertiary/aromatic N) is 1. The second-order valence-corrected chi connectivity index (χ2v) is 3.36. The highest BCUT2D eigenvalue weighted by molar-refractivity contribution is 5.76. The van der Waals surface area contributed by atoms with Crippen LogP contribution in [-0.4, -0.2) is 5.78 Å². The molecule has 0 aliphatic heterocycles. The predicted octanol–water partition coefficient (Wildman–Crippen LogP) is 2.15. The minimum absolute atomic E-state index is 0.0764. The first-order valence-corrected chi connectivity index (χ1v) is 3.95. The summed E-state index contributed by atoms with van der Waals surface area (Å²) in [5, 5.41) is 8.62. The molecule has 0 saturated heterocycles. The molecule has 0 rings (SSSR count). The first-order chi connectivity index (χ1) is 5.06. The van der Waals surface area contributed by atoms with Crippen LogP contribution in [0.15, 0.2) is 0 Å². The minimum Gasteiger partial charge on any atom is -0.300 e. The number of ketones is 1. The smallest absolute Gasteiger partial charge is 0.131 e. The molecule has 0 spiro atoms. The molecule has 0 aromatic rings.